The van der Waals surface area contributed by atoms with E-state index in [1.165, 1.54) is 32.1 Å². The fraction of sp³-hybridized carbons (Fsp3) is 0.438. The van der Waals surface area contributed by atoms with Gasteiger partial charge >= 0.3 is 0 Å². The summed E-state index contributed by atoms with van der Waals surface area (Å²) in [4.78, 5) is 15.2. The Labute approximate surface area is 113 Å². The van der Waals surface area contributed by atoms with E-state index in [1.807, 2.05) is 30.5 Å². The first-order valence-corrected chi connectivity index (χ1v) is 7.18. The van der Waals surface area contributed by atoms with Gasteiger partial charge in [0.2, 0.25) is 5.91 Å². The van der Waals surface area contributed by atoms with Crippen molar-refractivity contribution >= 4 is 22.5 Å². The second-order valence-corrected chi connectivity index (χ2v) is 5.54. The minimum absolute atomic E-state index is 0.154. The van der Waals surface area contributed by atoms with Crippen molar-refractivity contribution < 1.29 is 4.79 Å². The summed E-state index contributed by atoms with van der Waals surface area (Å²) in [6.07, 6.45) is 8.92. The molecule has 0 atom stereocenters. The Kier molecular flexibility index (Phi) is 3.53. The van der Waals surface area contributed by atoms with Crippen molar-refractivity contribution in [2.24, 2.45) is 5.92 Å². The third kappa shape index (κ3) is 2.98. The number of aromatic amines is 1. The molecule has 3 nitrogen and oxygen atoms in total. The van der Waals surface area contributed by atoms with E-state index in [0.717, 1.165) is 16.6 Å². The van der Waals surface area contributed by atoms with Gasteiger partial charge in [0.05, 0.1) is 0 Å². The second-order valence-electron chi connectivity index (χ2n) is 5.54. The Bertz CT molecular complexity index is 567. The predicted molar refractivity (Wildman–Crippen MR) is 78.1 cm³/mol. The van der Waals surface area contributed by atoms with Gasteiger partial charge < -0.3 is 10.3 Å². The van der Waals surface area contributed by atoms with Crippen molar-refractivity contribution in [3.05, 3.63) is 30.5 Å². The minimum atomic E-state index is 0.154. The highest BCUT2D eigenvalue weighted by molar-refractivity contribution is 5.93. The standard InChI is InChI=1S/C16H20N2O/c19-16(10-12-4-2-1-3-5-12)18-14-6-7-15-13(11-14)8-9-17-15/h6-9,11-12,17H,1-5,10H2,(H,18,19). The lowest BCUT2D eigenvalue weighted by atomic mass is 9.87. The van der Waals surface area contributed by atoms with Gasteiger partial charge in [-0.15, -0.1) is 0 Å². The van der Waals surface area contributed by atoms with Crippen LogP contribution in [-0.4, -0.2) is 10.9 Å². The van der Waals surface area contributed by atoms with Gasteiger partial charge in [-0.1, -0.05) is 19.3 Å². The molecule has 3 heteroatoms. The van der Waals surface area contributed by atoms with Crippen molar-refractivity contribution in [3.8, 4) is 0 Å². The van der Waals surface area contributed by atoms with Crippen LogP contribution in [0.5, 0.6) is 0 Å². The van der Waals surface area contributed by atoms with E-state index in [1.54, 1.807) is 0 Å². The van der Waals surface area contributed by atoms with Crippen LogP contribution in [0.15, 0.2) is 30.5 Å². The normalized spacial score (nSPS) is 16.6. The highest BCUT2D eigenvalue weighted by atomic mass is 16.1. The summed E-state index contributed by atoms with van der Waals surface area (Å²) in [5, 5.41) is 4.15. The molecule has 0 aliphatic heterocycles. The molecule has 0 saturated heterocycles. The van der Waals surface area contributed by atoms with E-state index < -0.39 is 0 Å². The van der Waals surface area contributed by atoms with Gasteiger partial charge in [0.15, 0.2) is 0 Å². The number of hydrogen-bond donors (Lipinski definition) is 2. The number of amides is 1. The summed E-state index contributed by atoms with van der Waals surface area (Å²) < 4.78 is 0. The van der Waals surface area contributed by atoms with Crippen molar-refractivity contribution in [1.82, 2.24) is 4.98 Å². The number of H-pyrrole nitrogens is 1. The molecule has 3 rings (SSSR count). The molecule has 0 radical (unpaired) electrons. The van der Waals surface area contributed by atoms with E-state index >= 15 is 0 Å². The second kappa shape index (κ2) is 5.47. The number of hydrogen-bond acceptors (Lipinski definition) is 1. The third-order valence-corrected chi connectivity index (χ3v) is 4.04. The molecular weight excluding hydrogens is 236 g/mol. The quantitative estimate of drug-likeness (QED) is 0.854. The highest BCUT2D eigenvalue weighted by Crippen LogP contribution is 2.27. The maximum absolute atomic E-state index is 12.0. The first kappa shape index (κ1) is 12.3. The van der Waals surface area contributed by atoms with Crippen molar-refractivity contribution in [2.75, 3.05) is 5.32 Å². The smallest absolute Gasteiger partial charge is 0.224 e. The summed E-state index contributed by atoms with van der Waals surface area (Å²) >= 11 is 0. The lowest BCUT2D eigenvalue weighted by Crippen LogP contribution is -2.18. The topological polar surface area (TPSA) is 44.9 Å². The number of benzene rings is 1. The molecule has 0 bridgehead atoms. The first-order chi connectivity index (χ1) is 9.31. The summed E-state index contributed by atoms with van der Waals surface area (Å²) in [7, 11) is 0. The van der Waals surface area contributed by atoms with Gasteiger partial charge in [0.1, 0.15) is 0 Å². The number of fused-ring (bicyclic) bond motifs is 1. The van der Waals surface area contributed by atoms with Gasteiger partial charge in [0.25, 0.3) is 0 Å². The Hall–Kier alpha value is -1.77. The molecule has 1 heterocycles. The van der Waals surface area contributed by atoms with Gasteiger partial charge in [-0.3, -0.25) is 4.79 Å². The highest BCUT2D eigenvalue weighted by Gasteiger charge is 2.17. The summed E-state index contributed by atoms with van der Waals surface area (Å²) in [5.74, 6) is 0.742. The van der Waals surface area contributed by atoms with Crippen LogP contribution in [0.1, 0.15) is 38.5 Å². The van der Waals surface area contributed by atoms with Gasteiger partial charge in [-0.05, 0) is 43.0 Å². The van der Waals surface area contributed by atoms with Gasteiger partial charge in [-0.25, -0.2) is 0 Å². The maximum Gasteiger partial charge on any atom is 0.224 e. The van der Waals surface area contributed by atoms with Crippen LogP contribution in [0.4, 0.5) is 5.69 Å². The molecular formula is C16H20N2O. The molecule has 2 N–H and O–H groups in total. The fourth-order valence-electron chi connectivity index (χ4n) is 3.00. The van der Waals surface area contributed by atoms with Crippen LogP contribution < -0.4 is 5.32 Å². The Morgan fingerprint density at radius 1 is 1.21 bits per heavy atom. The van der Waals surface area contributed by atoms with Crippen LogP contribution in [0, 0.1) is 5.92 Å². The van der Waals surface area contributed by atoms with Crippen LogP contribution >= 0.6 is 0 Å². The van der Waals surface area contributed by atoms with E-state index in [2.05, 4.69) is 10.3 Å². The molecule has 1 aliphatic carbocycles. The number of anilines is 1. The molecule has 100 valence electrons. The van der Waals surface area contributed by atoms with Gasteiger partial charge in [0, 0.05) is 29.2 Å². The number of carbonyl (C=O) groups excluding carboxylic acids is 1. The number of carbonyl (C=O) groups is 1. The maximum atomic E-state index is 12.0. The Morgan fingerprint density at radius 3 is 2.89 bits per heavy atom. The monoisotopic (exact) mass is 256 g/mol. The fourth-order valence-corrected chi connectivity index (χ4v) is 3.00. The van der Waals surface area contributed by atoms with E-state index in [0.29, 0.717) is 12.3 Å². The predicted octanol–water partition coefficient (Wildman–Crippen LogP) is 4.08. The largest absolute Gasteiger partial charge is 0.361 e. The zero-order chi connectivity index (χ0) is 13.1. The molecule has 1 fully saturated rings. The van der Waals surface area contributed by atoms with E-state index in [-0.39, 0.29) is 5.91 Å². The van der Waals surface area contributed by atoms with Crippen LogP contribution in [0.2, 0.25) is 0 Å². The number of rotatable bonds is 3. The molecule has 1 aromatic carbocycles. The van der Waals surface area contributed by atoms with Crippen LogP contribution in [0.3, 0.4) is 0 Å². The molecule has 2 aromatic rings. The third-order valence-electron chi connectivity index (χ3n) is 4.04. The minimum Gasteiger partial charge on any atom is -0.361 e. The summed E-state index contributed by atoms with van der Waals surface area (Å²) in [5.41, 5.74) is 2.00. The zero-order valence-corrected chi connectivity index (χ0v) is 11.1. The van der Waals surface area contributed by atoms with Crippen molar-refractivity contribution in [1.29, 1.82) is 0 Å². The molecule has 1 amide bonds. The van der Waals surface area contributed by atoms with E-state index in [4.69, 9.17) is 0 Å². The van der Waals surface area contributed by atoms with Crippen LogP contribution in [-0.2, 0) is 4.79 Å². The average Bonchev–Trinajstić information content (AvgIpc) is 2.87. The molecule has 1 saturated carbocycles. The van der Waals surface area contributed by atoms with Crippen LogP contribution in [0.25, 0.3) is 10.9 Å². The molecule has 0 spiro atoms. The molecule has 0 unspecified atom stereocenters. The molecule has 1 aliphatic rings. The average molecular weight is 256 g/mol. The summed E-state index contributed by atoms with van der Waals surface area (Å²) in [6, 6.07) is 8.00. The first-order valence-electron chi connectivity index (χ1n) is 7.18. The SMILES string of the molecule is O=C(CC1CCCCC1)Nc1ccc2[nH]ccc2c1. The lowest BCUT2D eigenvalue weighted by Gasteiger charge is -2.20. The zero-order valence-electron chi connectivity index (χ0n) is 11.1. The molecule has 1 aromatic heterocycles. The van der Waals surface area contributed by atoms with E-state index in [9.17, 15) is 4.79 Å². The molecule has 19 heavy (non-hydrogen) atoms. The Morgan fingerprint density at radius 2 is 2.05 bits per heavy atom. The number of aromatic nitrogens is 1. The summed E-state index contributed by atoms with van der Waals surface area (Å²) in [6.45, 7) is 0. The lowest BCUT2D eigenvalue weighted by molar-refractivity contribution is -0.117. The number of nitrogens with one attached hydrogen (secondary N) is 2. The Balaban J connectivity index is 1.61. The van der Waals surface area contributed by atoms with Crippen molar-refractivity contribution in [2.45, 2.75) is 38.5 Å². The van der Waals surface area contributed by atoms with Crippen molar-refractivity contribution in [3.63, 3.8) is 0 Å². The van der Waals surface area contributed by atoms with Gasteiger partial charge in [-0.2, -0.15) is 0 Å².